The van der Waals surface area contributed by atoms with Crippen LogP contribution in [0.3, 0.4) is 0 Å². The minimum atomic E-state index is 0.0497. The predicted molar refractivity (Wildman–Crippen MR) is 86.7 cm³/mol. The van der Waals surface area contributed by atoms with E-state index in [0.717, 1.165) is 29.7 Å². The van der Waals surface area contributed by atoms with Crippen molar-refractivity contribution < 1.29 is 9.47 Å². The van der Waals surface area contributed by atoms with Crippen LogP contribution in [0.4, 0.5) is 0 Å². The summed E-state index contributed by atoms with van der Waals surface area (Å²) < 4.78 is 12.0. The molecule has 1 aliphatic carbocycles. The quantitative estimate of drug-likeness (QED) is 0.865. The fourth-order valence-electron chi connectivity index (χ4n) is 3.57. The summed E-state index contributed by atoms with van der Waals surface area (Å²) in [7, 11) is 3.69. The highest BCUT2D eigenvalue weighted by molar-refractivity contribution is 5.35. The van der Waals surface area contributed by atoms with Gasteiger partial charge in [0.1, 0.15) is 5.75 Å². The van der Waals surface area contributed by atoms with Gasteiger partial charge in [0.05, 0.1) is 19.3 Å². The summed E-state index contributed by atoms with van der Waals surface area (Å²) >= 11 is 0. The molecule has 0 amide bonds. The lowest BCUT2D eigenvalue weighted by atomic mass is 9.81. The molecule has 3 heteroatoms. The number of rotatable bonds is 6. The van der Waals surface area contributed by atoms with Gasteiger partial charge in [-0.1, -0.05) is 32.0 Å². The third-order valence-electron chi connectivity index (χ3n) is 4.37. The number of ether oxygens (including phenoxy) is 2. The van der Waals surface area contributed by atoms with Crippen LogP contribution in [0.25, 0.3) is 0 Å². The van der Waals surface area contributed by atoms with Gasteiger partial charge in [-0.2, -0.15) is 0 Å². The number of likely N-dealkylation sites (N-methyl/N-ethyl adjacent to an activating group) is 1. The molecule has 3 nitrogen and oxygen atoms in total. The molecular formula is C18H29NO2. The minimum absolute atomic E-state index is 0.0497. The molecule has 1 fully saturated rings. The SMILES string of the molecule is CNCC(OC1CC(C)CC(C)C1)c1ccccc1OC. The van der Waals surface area contributed by atoms with Crippen molar-refractivity contribution in [2.24, 2.45) is 11.8 Å². The molecule has 1 aromatic carbocycles. The van der Waals surface area contributed by atoms with Crippen LogP contribution < -0.4 is 10.1 Å². The van der Waals surface area contributed by atoms with Crippen molar-refractivity contribution in [3.8, 4) is 5.75 Å². The first kappa shape index (κ1) is 16.3. The van der Waals surface area contributed by atoms with Crippen LogP contribution in [0.15, 0.2) is 24.3 Å². The van der Waals surface area contributed by atoms with Crippen molar-refractivity contribution >= 4 is 0 Å². The van der Waals surface area contributed by atoms with E-state index < -0.39 is 0 Å². The maximum Gasteiger partial charge on any atom is 0.124 e. The van der Waals surface area contributed by atoms with Crippen molar-refractivity contribution in [3.05, 3.63) is 29.8 Å². The van der Waals surface area contributed by atoms with E-state index in [1.165, 1.54) is 19.3 Å². The maximum atomic E-state index is 6.46. The molecule has 0 radical (unpaired) electrons. The van der Waals surface area contributed by atoms with Gasteiger partial charge in [0.2, 0.25) is 0 Å². The Balaban J connectivity index is 2.11. The first-order valence-corrected chi connectivity index (χ1v) is 8.07. The lowest BCUT2D eigenvalue weighted by Gasteiger charge is -2.34. The Morgan fingerprint density at radius 1 is 1.14 bits per heavy atom. The topological polar surface area (TPSA) is 30.5 Å². The van der Waals surface area contributed by atoms with Gasteiger partial charge in [-0.15, -0.1) is 0 Å². The van der Waals surface area contributed by atoms with Gasteiger partial charge >= 0.3 is 0 Å². The normalized spacial score (nSPS) is 27.3. The second-order valence-electron chi connectivity index (χ2n) is 6.46. The Morgan fingerprint density at radius 3 is 2.43 bits per heavy atom. The highest BCUT2D eigenvalue weighted by atomic mass is 16.5. The molecule has 0 saturated heterocycles. The van der Waals surface area contributed by atoms with Crippen molar-refractivity contribution in [1.82, 2.24) is 5.32 Å². The zero-order chi connectivity index (χ0) is 15.2. The van der Waals surface area contributed by atoms with Gasteiger partial charge in [-0.25, -0.2) is 0 Å². The van der Waals surface area contributed by atoms with Crippen molar-refractivity contribution in [2.75, 3.05) is 20.7 Å². The molecule has 1 saturated carbocycles. The molecule has 3 unspecified atom stereocenters. The van der Waals surface area contributed by atoms with E-state index in [4.69, 9.17) is 9.47 Å². The average molecular weight is 291 g/mol. The third kappa shape index (κ3) is 4.45. The molecule has 1 N–H and O–H groups in total. The largest absolute Gasteiger partial charge is 0.496 e. The summed E-state index contributed by atoms with van der Waals surface area (Å²) in [5, 5.41) is 3.25. The lowest BCUT2D eigenvalue weighted by molar-refractivity contribution is -0.0497. The number of hydrogen-bond acceptors (Lipinski definition) is 3. The van der Waals surface area contributed by atoms with E-state index >= 15 is 0 Å². The fraction of sp³-hybridized carbons (Fsp3) is 0.667. The minimum Gasteiger partial charge on any atom is -0.496 e. The molecular weight excluding hydrogens is 262 g/mol. The zero-order valence-corrected chi connectivity index (χ0v) is 13.8. The van der Waals surface area contributed by atoms with E-state index in [-0.39, 0.29) is 6.10 Å². The Kier molecular flexibility index (Phi) is 6.07. The van der Waals surface area contributed by atoms with Gasteiger partial charge in [-0.3, -0.25) is 0 Å². The maximum absolute atomic E-state index is 6.46. The summed E-state index contributed by atoms with van der Waals surface area (Å²) in [5.41, 5.74) is 1.14. The smallest absolute Gasteiger partial charge is 0.124 e. The van der Waals surface area contributed by atoms with E-state index in [9.17, 15) is 0 Å². The number of hydrogen-bond donors (Lipinski definition) is 1. The number of methoxy groups -OCH3 is 1. The summed E-state index contributed by atoms with van der Waals surface area (Å²) in [4.78, 5) is 0. The fourth-order valence-corrected chi connectivity index (χ4v) is 3.57. The lowest BCUT2D eigenvalue weighted by Crippen LogP contribution is -2.30. The van der Waals surface area contributed by atoms with Crippen LogP contribution in [0.1, 0.15) is 44.8 Å². The van der Waals surface area contributed by atoms with E-state index in [0.29, 0.717) is 6.10 Å². The number of nitrogens with one attached hydrogen (secondary N) is 1. The van der Waals surface area contributed by atoms with Crippen LogP contribution in [-0.4, -0.2) is 26.8 Å². The number of benzene rings is 1. The summed E-state index contributed by atoms with van der Waals surface area (Å²) in [6.45, 7) is 5.48. The standard InChI is InChI=1S/C18H29NO2/c1-13-9-14(2)11-15(10-13)21-18(12-19-3)16-7-5-6-8-17(16)20-4/h5-8,13-15,18-19H,9-12H2,1-4H3. The molecule has 118 valence electrons. The Labute approximate surface area is 129 Å². The van der Waals surface area contributed by atoms with E-state index in [1.54, 1.807) is 7.11 Å². The molecule has 1 aromatic rings. The Bertz CT molecular complexity index is 425. The zero-order valence-electron chi connectivity index (χ0n) is 13.8. The second-order valence-corrected chi connectivity index (χ2v) is 6.46. The number of para-hydroxylation sites is 1. The summed E-state index contributed by atoms with van der Waals surface area (Å²) in [5.74, 6) is 2.42. The van der Waals surface area contributed by atoms with Gasteiger partial charge in [0.15, 0.2) is 0 Å². The van der Waals surface area contributed by atoms with Crippen LogP contribution in [0.2, 0.25) is 0 Å². The molecule has 3 atom stereocenters. The molecule has 0 heterocycles. The molecule has 0 bridgehead atoms. The highest BCUT2D eigenvalue weighted by Crippen LogP contribution is 2.35. The van der Waals surface area contributed by atoms with Crippen LogP contribution in [-0.2, 0) is 4.74 Å². The molecule has 0 spiro atoms. The van der Waals surface area contributed by atoms with Crippen molar-refractivity contribution in [3.63, 3.8) is 0 Å². The highest BCUT2D eigenvalue weighted by Gasteiger charge is 2.28. The van der Waals surface area contributed by atoms with E-state index in [1.807, 2.05) is 19.2 Å². The van der Waals surface area contributed by atoms with Crippen LogP contribution >= 0.6 is 0 Å². The molecule has 21 heavy (non-hydrogen) atoms. The molecule has 0 aliphatic heterocycles. The van der Waals surface area contributed by atoms with Gasteiger partial charge in [0, 0.05) is 12.1 Å². The molecule has 0 aromatic heterocycles. The van der Waals surface area contributed by atoms with Crippen LogP contribution in [0, 0.1) is 11.8 Å². The molecule has 1 aliphatic rings. The second kappa shape index (κ2) is 7.81. The van der Waals surface area contributed by atoms with Gasteiger partial charge in [0.25, 0.3) is 0 Å². The van der Waals surface area contributed by atoms with Crippen LogP contribution in [0.5, 0.6) is 5.75 Å². The average Bonchev–Trinajstić information content (AvgIpc) is 2.45. The monoisotopic (exact) mass is 291 g/mol. The summed E-state index contributed by atoms with van der Waals surface area (Å²) in [6, 6.07) is 8.17. The first-order chi connectivity index (χ1) is 10.1. The Morgan fingerprint density at radius 2 is 1.81 bits per heavy atom. The first-order valence-electron chi connectivity index (χ1n) is 8.07. The van der Waals surface area contributed by atoms with Gasteiger partial charge < -0.3 is 14.8 Å². The van der Waals surface area contributed by atoms with Gasteiger partial charge in [-0.05, 0) is 44.2 Å². The molecule has 2 rings (SSSR count). The predicted octanol–water partition coefficient (Wildman–Crippen LogP) is 3.80. The van der Waals surface area contributed by atoms with Crippen molar-refractivity contribution in [2.45, 2.75) is 45.3 Å². The van der Waals surface area contributed by atoms with Crippen molar-refractivity contribution in [1.29, 1.82) is 0 Å². The summed E-state index contributed by atoms with van der Waals surface area (Å²) in [6.07, 6.45) is 4.06. The third-order valence-corrected chi connectivity index (χ3v) is 4.37. The Hall–Kier alpha value is -1.06. The van der Waals surface area contributed by atoms with E-state index in [2.05, 4.69) is 31.3 Å².